The zero-order valence-corrected chi connectivity index (χ0v) is 19.0. The average molecular weight is 452 g/mol. The molecule has 0 fully saturated rings. The van der Waals surface area contributed by atoms with Crippen molar-refractivity contribution in [2.75, 3.05) is 11.5 Å². The number of benzene rings is 2. The van der Waals surface area contributed by atoms with Crippen LogP contribution >= 0.6 is 0 Å². The molecule has 1 aromatic heterocycles. The largest absolute Gasteiger partial charge is 0.493 e. The van der Waals surface area contributed by atoms with Gasteiger partial charge in [-0.3, -0.25) is 9.59 Å². The highest BCUT2D eigenvalue weighted by atomic mass is 16.5. The third kappa shape index (κ3) is 6.97. The average Bonchev–Trinajstić information content (AvgIpc) is 3.36. The molecule has 0 unspecified atom stereocenters. The molecule has 1 heterocycles. The van der Waals surface area contributed by atoms with Crippen molar-refractivity contribution in [3.8, 4) is 17.1 Å². The van der Waals surface area contributed by atoms with Crippen molar-refractivity contribution in [1.82, 2.24) is 0 Å². The molecule has 0 bridgehead atoms. The molecule has 0 aliphatic rings. The van der Waals surface area contributed by atoms with Crippen LogP contribution in [0.3, 0.4) is 0 Å². The number of aliphatic carboxylic acids is 1. The maximum atomic E-state index is 13.6. The van der Waals surface area contributed by atoms with Crippen LogP contribution in [0.2, 0.25) is 0 Å². The first-order chi connectivity index (χ1) is 16.7. The van der Waals surface area contributed by atoms with E-state index in [0.717, 1.165) is 5.56 Å². The SMILES string of the molecule is [2H]C([2H])(C(=O)N(c1ccc(-c2ccco2)cc1)C(C)C)c1ccccc1OCCCCCC(=O)O. The molecule has 1 amide bonds. The maximum absolute atomic E-state index is 13.6. The van der Waals surface area contributed by atoms with Gasteiger partial charge in [0.2, 0.25) is 5.91 Å². The Morgan fingerprint density at radius 1 is 1.03 bits per heavy atom. The second-order valence-electron chi connectivity index (χ2n) is 7.97. The monoisotopic (exact) mass is 451 g/mol. The summed E-state index contributed by atoms with van der Waals surface area (Å²) in [5.74, 6) is -0.492. The number of para-hydroxylation sites is 1. The summed E-state index contributed by atoms with van der Waals surface area (Å²) >= 11 is 0. The van der Waals surface area contributed by atoms with Gasteiger partial charge in [0.25, 0.3) is 0 Å². The Kier molecular flexibility index (Phi) is 7.69. The predicted octanol–water partition coefficient (Wildman–Crippen LogP) is 5.95. The smallest absolute Gasteiger partial charge is 0.303 e. The van der Waals surface area contributed by atoms with Crippen LogP contribution in [-0.4, -0.2) is 29.6 Å². The fourth-order valence-electron chi connectivity index (χ4n) is 3.49. The lowest BCUT2D eigenvalue weighted by molar-refractivity contribution is -0.137. The first-order valence-electron chi connectivity index (χ1n) is 12.1. The molecule has 6 nitrogen and oxygen atoms in total. The van der Waals surface area contributed by atoms with Gasteiger partial charge in [-0.1, -0.05) is 18.2 Å². The van der Waals surface area contributed by atoms with Crippen LogP contribution in [0.4, 0.5) is 5.69 Å². The minimum atomic E-state index is -2.33. The first-order valence-corrected chi connectivity index (χ1v) is 11.1. The van der Waals surface area contributed by atoms with E-state index in [2.05, 4.69) is 0 Å². The molecule has 2 aromatic carbocycles. The number of anilines is 1. The summed E-state index contributed by atoms with van der Waals surface area (Å²) in [6.45, 7) is 3.99. The molecule has 0 atom stereocenters. The summed E-state index contributed by atoms with van der Waals surface area (Å²) in [6.07, 6.45) is 1.26. The van der Waals surface area contributed by atoms with E-state index in [1.54, 1.807) is 48.7 Å². The van der Waals surface area contributed by atoms with Gasteiger partial charge in [0.15, 0.2) is 0 Å². The highest BCUT2D eigenvalue weighted by Crippen LogP contribution is 2.26. The van der Waals surface area contributed by atoms with Crippen LogP contribution in [0.1, 0.15) is 47.8 Å². The van der Waals surface area contributed by atoms with Crippen molar-refractivity contribution in [2.24, 2.45) is 0 Å². The van der Waals surface area contributed by atoms with Crippen molar-refractivity contribution in [2.45, 2.75) is 51.9 Å². The number of carboxylic acid groups (broad SMARTS) is 1. The summed E-state index contributed by atoms with van der Waals surface area (Å²) in [5.41, 5.74) is 1.61. The summed E-state index contributed by atoms with van der Waals surface area (Å²) in [6, 6.07) is 17.2. The maximum Gasteiger partial charge on any atom is 0.303 e. The van der Waals surface area contributed by atoms with Crippen LogP contribution in [0.25, 0.3) is 11.3 Å². The Hall–Kier alpha value is -3.54. The van der Waals surface area contributed by atoms with Crippen LogP contribution in [0.15, 0.2) is 71.3 Å². The number of unbranched alkanes of at least 4 members (excludes halogenated alkanes) is 2. The van der Waals surface area contributed by atoms with Gasteiger partial charge in [-0.25, -0.2) is 0 Å². The van der Waals surface area contributed by atoms with Gasteiger partial charge in [-0.15, -0.1) is 0 Å². The van der Waals surface area contributed by atoms with E-state index in [1.807, 2.05) is 32.0 Å². The number of carbonyl (C=O) groups is 2. The fourth-order valence-corrected chi connectivity index (χ4v) is 3.49. The van der Waals surface area contributed by atoms with Gasteiger partial charge in [0.05, 0.1) is 19.2 Å². The van der Waals surface area contributed by atoms with Gasteiger partial charge < -0.3 is 19.2 Å². The number of amides is 1. The standard InChI is InChI=1S/C27H31NO5/c1-20(2)28(23-15-13-21(14-16-23)24-11-8-18-33-24)26(29)19-22-9-5-6-10-25(22)32-17-7-3-4-12-27(30)31/h5-6,8-11,13-16,18,20H,3-4,7,12,17,19H2,1-2H3,(H,30,31)/i19D2. The molecule has 0 aliphatic heterocycles. The molecule has 1 N–H and O–H groups in total. The highest BCUT2D eigenvalue weighted by molar-refractivity contribution is 5.95. The Labute approximate surface area is 197 Å². The van der Waals surface area contributed by atoms with E-state index in [9.17, 15) is 9.59 Å². The second-order valence-corrected chi connectivity index (χ2v) is 7.97. The number of rotatable bonds is 12. The van der Waals surface area contributed by atoms with E-state index in [4.69, 9.17) is 17.0 Å². The summed E-state index contributed by atoms with van der Waals surface area (Å²) in [5, 5.41) is 8.74. The molecule has 0 saturated carbocycles. The molecule has 0 saturated heterocycles. The van der Waals surface area contributed by atoms with E-state index < -0.39 is 18.2 Å². The lowest BCUT2D eigenvalue weighted by atomic mass is 10.1. The predicted molar refractivity (Wildman–Crippen MR) is 129 cm³/mol. The molecular formula is C27H31NO5. The fraction of sp³-hybridized carbons (Fsp3) is 0.333. The summed E-state index contributed by atoms with van der Waals surface area (Å²) in [7, 11) is 0. The van der Waals surface area contributed by atoms with E-state index in [0.29, 0.717) is 43.1 Å². The highest BCUT2D eigenvalue weighted by Gasteiger charge is 2.21. The number of ether oxygens (including phenoxy) is 1. The quantitative estimate of drug-likeness (QED) is 0.344. The van der Waals surface area contributed by atoms with Gasteiger partial charge >= 0.3 is 5.97 Å². The Morgan fingerprint density at radius 2 is 1.79 bits per heavy atom. The zero-order valence-electron chi connectivity index (χ0n) is 21.0. The normalized spacial score (nSPS) is 12.2. The third-order valence-corrected chi connectivity index (χ3v) is 5.11. The van der Waals surface area contributed by atoms with Gasteiger partial charge in [-0.05, 0) is 75.6 Å². The lowest BCUT2D eigenvalue weighted by Gasteiger charge is -2.27. The molecule has 0 spiro atoms. The molecule has 0 radical (unpaired) electrons. The minimum absolute atomic E-state index is 0.112. The van der Waals surface area contributed by atoms with Crippen molar-refractivity contribution in [1.29, 1.82) is 0 Å². The van der Waals surface area contributed by atoms with Crippen LogP contribution in [0, 0.1) is 0 Å². The number of nitrogens with zero attached hydrogens (tertiary/aromatic N) is 1. The number of furan rings is 1. The molecule has 0 aliphatic carbocycles. The van der Waals surface area contributed by atoms with Gasteiger partial charge in [0.1, 0.15) is 11.5 Å². The number of carbonyl (C=O) groups excluding carboxylic acids is 1. The molecule has 3 aromatic rings. The first kappa shape index (κ1) is 21.3. The summed E-state index contributed by atoms with van der Waals surface area (Å²) in [4.78, 5) is 25.7. The lowest BCUT2D eigenvalue weighted by Crippen LogP contribution is -2.38. The van der Waals surface area contributed by atoms with Crippen LogP contribution in [0.5, 0.6) is 5.75 Å². The van der Waals surface area contributed by atoms with E-state index >= 15 is 0 Å². The van der Waals surface area contributed by atoms with E-state index in [-0.39, 0.29) is 18.0 Å². The van der Waals surface area contributed by atoms with E-state index in [1.165, 1.54) is 4.90 Å². The minimum Gasteiger partial charge on any atom is -0.493 e. The Bertz CT molecular complexity index is 1110. The molecular weight excluding hydrogens is 418 g/mol. The van der Waals surface area contributed by atoms with Crippen LogP contribution in [-0.2, 0) is 16.0 Å². The number of carboxylic acids is 1. The molecule has 174 valence electrons. The third-order valence-electron chi connectivity index (χ3n) is 5.11. The Morgan fingerprint density at radius 3 is 2.45 bits per heavy atom. The second kappa shape index (κ2) is 11.9. The number of hydrogen-bond donors (Lipinski definition) is 1. The van der Waals surface area contributed by atoms with Crippen molar-refractivity contribution < 1.29 is 26.6 Å². The molecule has 6 heteroatoms. The zero-order chi connectivity index (χ0) is 25.4. The van der Waals surface area contributed by atoms with Crippen molar-refractivity contribution in [3.63, 3.8) is 0 Å². The molecule has 3 rings (SSSR count). The van der Waals surface area contributed by atoms with Crippen molar-refractivity contribution in [3.05, 3.63) is 72.5 Å². The molecule has 33 heavy (non-hydrogen) atoms. The topological polar surface area (TPSA) is 80.0 Å². The van der Waals surface area contributed by atoms with Crippen LogP contribution < -0.4 is 9.64 Å². The van der Waals surface area contributed by atoms with Gasteiger partial charge in [-0.2, -0.15) is 0 Å². The number of hydrogen-bond acceptors (Lipinski definition) is 4. The Balaban J connectivity index is 1.77. The van der Waals surface area contributed by atoms with Gasteiger partial charge in [0, 0.05) is 32.0 Å². The van der Waals surface area contributed by atoms with Crippen molar-refractivity contribution >= 4 is 17.6 Å². The summed E-state index contributed by atoms with van der Waals surface area (Å²) < 4.78 is 28.7.